The Labute approximate surface area is 114 Å². The number of nitrogens with zero attached hydrogens (tertiary/aromatic N) is 2. The zero-order valence-corrected chi connectivity index (χ0v) is 12.1. The second kappa shape index (κ2) is 6.19. The standard InChI is InChI=1S/C14H24N4O/c1-10-7-11(2)18(17-10)12(3)8-14(19)16-13-5-4-6-15-9-13/h7,12-13,15H,4-6,8-9H2,1-3H3,(H,16,19)/t12?,13-/m0/s1. The Balaban J connectivity index is 1.86. The number of aromatic nitrogens is 2. The maximum atomic E-state index is 12.0. The molecule has 1 aliphatic heterocycles. The highest BCUT2D eigenvalue weighted by atomic mass is 16.1. The van der Waals surface area contributed by atoms with Crippen molar-refractivity contribution in [2.75, 3.05) is 13.1 Å². The second-order valence-corrected chi connectivity index (χ2v) is 5.54. The fourth-order valence-electron chi connectivity index (χ4n) is 2.71. The van der Waals surface area contributed by atoms with Crippen molar-refractivity contribution >= 4 is 5.91 Å². The zero-order chi connectivity index (χ0) is 13.8. The third-order valence-corrected chi connectivity index (χ3v) is 3.60. The molecule has 19 heavy (non-hydrogen) atoms. The zero-order valence-electron chi connectivity index (χ0n) is 12.1. The van der Waals surface area contributed by atoms with Crippen LogP contribution in [0.25, 0.3) is 0 Å². The van der Waals surface area contributed by atoms with Gasteiger partial charge < -0.3 is 10.6 Å². The van der Waals surface area contributed by atoms with E-state index in [1.54, 1.807) is 0 Å². The molecule has 2 N–H and O–H groups in total. The minimum Gasteiger partial charge on any atom is -0.352 e. The molecular weight excluding hydrogens is 240 g/mol. The minimum absolute atomic E-state index is 0.102. The van der Waals surface area contributed by atoms with Gasteiger partial charge in [-0.25, -0.2) is 0 Å². The summed E-state index contributed by atoms with van der Waals surface area (Å²) in [6, 6.07) is 2.43. The molecule has 0 radical (unpaired) electrons. The van der Waals surface area contributed by atoms with E-state index in [9.17, 15) is 4.79 Å². The van der Waals surface area contributed by atoms with Crippen molar-refractivity contribution in [2.24, 2.45) is 0 Å². The quantitative estimate of drug-likeness (QED) is 0.862. The Hall–Kier alpha value is -1.36. The molecule has 0 spiro atoms. The Morgan fingerprint density at radius 3 is 3.00 bits per heavy atom. The van der Waals surface area contributed by atoms with Crippen LogP contribution in [-0.2, 0) is 4.79 Å². The van der Waals surface area contributed by atoms with E-state index in [4.69, 9.17) is 0 Å². The van der Waals surface area contributed by atoms with Crippen LogP contribution in [0.2, 0.25) is 0 Å². The van der Waals surface area contributed by atoms with Crippen molar-refractivity contribution in [3.05, 3.63) is 17.5 Å². The fraction of sp³-hybridized carbons (Fsp3) is 0.714. The number of hydrogen-bond donors (Lipinski definition) is 2. The molecule has 5 heteroatoms. The predicted octanol–water partition coefficient (Wildman–Crippen LogP) is 1.32. The molecule has 2 rings (SSSR count). The van der Waals surface area contributed by atoms with Gasteiger partial charge in [-0.3, -0.25) is 9.48 Å². The molecule has 0 aliphatic carbocycles. The summed E-state index contributed by atoms with van der Waals surface area (Å²) in [4.78, 5) is 12.0. The Bertz CT molecular complexity index is 435. The molecular formula is C14H24N4O. The highest BCUT2D eigenvalue weighted by Crippen LogP contribution is 2.14. The summed E-state index contributed by atoms with van der Waals surface area (Å²) in [5.41, 5.74) is 2.11. The molecule has 1 fully saturated rings. The Morgan fingerprint density at radius 1 is 1.63 bits per heavy atom. The monoisotopic (exact) mass is 264 g/mol. The van der Waals surface area contributed by atoms with E-state index in [1.807, 2.05) is 31.5 Å². The van der Waals surface area contributed by atoms with Crippen LogP contribution in [0.4, 0.5) is 0 Å². The molecule has 1 aliphatic rings. The first kappa shape index (κ1) is 14.1. The summed E-state index contributed by atoms with van der Waals surface area (Å²) in [6.45, 7) is 8.00. The van der Waals surface area contributed by atoms with E-state index in [0.29, 0.717) is 6.42 Å². The van der Waals surface area contributed by atoms with Gasteiger partial charge in [0.05, 0.1) is 11.7 Å². The van der Waals surface area contributed by atoms with Gasteiger partial charge >= 0.3 is 0 Å². The third-order valence-electron chi connectivity index (χ3n) is 3.60. The van der Waals surface area contributed by atoms with Gasteiger partial charge in [-0.05, 0) is 46.2 Å². The first-order valence-electron chi connectivity index (χ1n) is 7.09. The van der Waals surface area contributed by atoms with Gasteiger partial charge in [-0.2, -0.15) is 5.10 Å². The number of piperidine rings is 1. The van der Waals surface area contributed by atoms with Crippen LogP contribution in [0.1, 0.15) is 43.6 Å². The van der Waals surface area contributed by atoms with Crippen LogP contribution >= 0.6 is 0 Å². The second-order valence-electron chi connectivity index (χ2n) is 5.54. The number of nitrogens with one attached hydrogen (secondary N) is 2. The van der Waals surface area contributed by atoms with Gasteiger partial charge in [0.2, 0.25) is 5.91 Å². The van der Waals surface area contributed by atoms with Gasteiger partial charge in [0.15, 0.2) is 0 Å². The summed E-state index contributed by atoms with van der Waals surface area (Å²) in [5, 5.41) is 10.8. The lowest BCUT2D eigenvalue weighted by Gasteiger charge is -2.24. The molecule has 106 valence electrons. The van der Waals surface area contributed by atoms with Crippen LogP contribution in [0, 0.1) is 13.8 Å². The molecule has 0 aromatic carbocycles. The SMILES string of the molecule is Cc1cc(C)n(C(C)CC(=O)N[C@H]2CCCNC2)n1. The molecule has 1 aromatic rings. The molecule has 2 heterocycles. The molecule has 0 bridgehead atoms. The summed E-state index contributed by atoms with van der Waals surface area (Å²) in [7, 11) is 0. The van der Waals surface area contributed by atoms with Crippen LogP contribution in [0.3, 0.4) is 0 Å². The highest BCUT2D eigenvalue weighted by Gasteiger charge is 2.18. The van der Waals surface area contributed by atoms with Crippen LogP contribution in [0.5, 0.6) is 0 Å². The average molecular weight is 264 g/mol. The van der Waals surface area contributed by atoms with E-state index in [0.717, 1.165) is 37.3 Å². The van der Waals surface area contributed by atoms with Crippen LogP contribution < -0.4 is 10.6 Å². The van der Waals surface area contributed by atoms with Crippen LogP contribution in [0.15, 0.2) is 6.07 Å². The molecule has 0 saturated carbocycles. The molecule has 1 unspecified atom stereocenters. The Kier molecular flexibility index (Phi) is 4.58. The first-order chi connectivity index (χ1) is 9.06. The van der Waals surface area contributed by atoms with E-state index in [-0.39, 0.29) is 18.0 Å². The number of amides is 1. The number of hydrogen-bond acceptors (Lipinski definition) is 3. The van der Waals surface area contributed by atoms with Crippen molar-refractivity contribution in [3.8, 4) is 0 Å². The summed E-state index contributed by atoms with van der Waals surface area (Å²) < 4.78 is 1.94. The van der Waals surface area contributed by atoms with E-state index >= 15 is 0 Å². The number of rotatable bonds is 4. The Morgan fingerprint density at radius 2 is 2.42 bits per heavy atom. The van der Waals surface area contributed by atoms with E-state index in [1.165, 1.54) is 0 Å². The van der Waals surface area contributed by atoms with E-state index in [2.05, 4.69) is 15.7 Å². The minimum atomic E-state index is 0.102. The van der Waals surface area contributed by atoms with Crippen molar-refractivity contribution < 1.29 is 4.79 Å². The smallest absolute Gasteiger partial charge is 0.222 e. The highest BCUT2D eigenvalue weighted by molar-refractivity contribution is 5.76. The van der Waals surface area contributed by atoms with Crippen molar-refractivity contribution in [1.29, 1.82) is 0 Å². The van der Waals surface area contributed by atoms with E-state index < -0.39 is 0 Å². The lowest BCUT2D eigenvalue weighted by Crippen LogP contribution is -2.46. The molecule has 2 atom stereocenters. The molecule has 1 aromatic heterocycles. The topological polar surface area (TPSA) is 59.0 Å². The predicted molar refractivity (Wildman–Crippen MR) is 75.1 cm³/mol. The van der Waals surface area contributed by atoms with Gasteiger partial charge in [0.1, 0.15) is 0 Å². The van der Waals surface area contributed by atoms with Gasteiger partial charge in [-0.1, -0.05) is 0 Å². The molecule has 1 saturated heterocycles. The fourth-order valence-corrected chi connectivity index (χ4v) is 2.71. The maximum Gasteiger partial charge on any atom is 0.222 e. The summed E-state index contributed by atoms with van der Waals surface area (Å²) in [5.74, 6) is 0.119. The summed E-state index contributed by atoms with van der Waals surface area (Å²) in [6.07, 6.45) is 2.70. The first-order valence-corrected chi connectivity index (χ1v) is 7.09. The number of aryl methyl sites for hydroxylation is 2. The lowest BCUT2D eigenvalue weighted by molar-refractivity contribution is -0.122. The van der Waals surface area contributed by atoms with Gasteiger partial charge in [0.25, 0.3) is 0 Å². The normalized spacial score (nSPS) is 21.1. The number of carbonyl (C=O) groups is 1. The maximum absolute atomic E-state index is 12.0. The molecule has 5 nitrogen and oxygen atoms in total. The number of carbonyl (C=O) groups excluding carboxylic acids is 1. The van der Waals surface area contributed by atoms with Crippen molar-refractivity contribution in [3.63, 3.8) is 0 Å². The largest absolute Gasteiger partial charge is 0.352 e. The van der Waals surface area contributed by atoms with Gasteiger partial charge in [-0.15, -0.1) is 0 Å². The third kappa shape index (κ3) is 3.80. The van der Waals surface area contributed by atoms with Crippen molar-refractivity contribution in [1.82, 2.24) is 20.4 Å². The molecule has 1 amide bonds. The average Bonchev–Trinajstić information content (AvgIpc) is 2.69. The lowest BCUT2D eigenvalue weighted by atomic mass is 10.1. The van der Waals surface area contributed by atoms with Gasteiger partial charge in [0, 0.05) is 24.7 Å². The summed E-state index contributed by atoms with van der Waals surface area (Å²) >= 11 is 0. The van der Waals surface area contributed by atoms with Crippen LogP contribution in [-0.4, -0.2) is 34.8 Å². The van der Waals surface area contributed by atoms with Crippen molar-refractivity contribution in [2.45, 2.75) is 52.1 Å².